The molecule has 4 aromatic heterocycles. The summed E-state index contributed by atoms with van der Waals surface area (Å²) in [5, 5.41) is 1.15. The number of imidazole rings is 1. The van der Waals surface area contributed by atoms with Crippen molar-refractivity contribution in [2.45, 2.75) is 5.54 Å². The van der Waals surface area contributed by atoms with Crippen LogP contribution in [0.5, 0.6) is 0 Å². The molecule has 0 spiro atoms. The van der Waals surface area contributed by atoms with Crippen LogP contribution in [0.25, 0.3) is 22.2 Å². The molecule has 4 heterocycles. The smallest absolute Gasteiger partial charge is 0.251 e. The van der Waals surface area contributed by atoms with Crippen LogP contribution in [0.4, 0.5) is 0 Å². The van der Waals surface area contributed by atoms with Gasteiger partial charge < -0.3 is 14.9 Å². The molecule has 0 aliphatic carbocycles. The minimum absolute atomic E-state index is 0.165. The summed E-state index contributed by atoms with van der Waals surface area (Å²) in [7, 11) is 3.62. The summed E-state index contributed by atoms with van der Waals surface area (Å²) in [6.07, 6.45) is 5.16. The fourth-order valence-electron chi connectivity index (χ4n) is 4.21. The number of hydrogen-bond donors (Lipinski definition) is 1. The van der Waals surface area contributed by atoms with Crippen molar-refractivity contribution in [2.24, 2.45) is 19.8 Å². The summed E-state index contributed by atoms with van der Waals surface area (Å²) >= 11 is 8.43. The van der Waals surface area contributed by atoms with Crippen LogP contribution in [-0.4, -0.2) is 24.1 Å². The number of pyridine rings is 3. The van der Waals surface area contributed by atoms with Crippen LogP contribution in [0.1, 0.15) is 17.0 Å². The van der Waals surface area contributed by atoms with E-state index in [1.807, 2.05) is 54.1 Å². The van der Waals surface area contributed by atoms with E-state index in [9.17, 15) is 4.79 Å². The molecule has 0 bridgehead atoms. The lowest BCUT2D eigenvalue weighted by molar-refractivity contribution is 0.579. The first-order valence-electron chi connectivity index (χ1n) is 10.4. The van der Waals surface area contributed by atoms with Crippen molar-refractivity contribution < 1.29 is 0 Å². The molecule has 2 N–H and O–H groups in total. The highest BCUT2D eigenvalue weighted by molar-refractivity contribution is 14.1. The summed E-state index contributed by atoms with van der Waals surface area (Å²) in [6, 6.07) is 16.9. The third-order valence-corrected chi connectivity index (χ3v) is 6.98. The maximum absolute atomic E-state index is 12.7. The van der Waals surface area contributed by atoms with Crippen molar-refractivity contribution in [1.29, 1.82) is 0 Å². The number of aryl methyl sites for hydroxylation is 2. The number of aromatic nitrogens is 5. The van der Waals surface area contributed by atoms with E-state index < -0.39 is 5.54 Å². The quantitative estimate of drug-likeness (QED) is 0.253. The Morgan fingerprint density at radius 1 is 1.06 bits per heavy atom. The van der Waals surface area contributed by atoms with Crippen molar-refractivity contribution in [3.63, 3.8) is 0 Å². The van der Waals surface area contributed by atoms with Gasteiger partial charge in [0.1, 0.15) is 10.7 Å². The van der Waals surface area contributed by atoms with E-state index in [2.05, 4.69) is 32.6 Å². The molecule has 5 rings (SSSR count). The van der Waals surface area contributed by atoms with E-state index in [-0.39, 0.29) is 5.56 Å². The minimum atomic E-state index is -1.09. The van der Waals surface area contributed by atoms with Crippen LogP contribution in [0.3, 0.4) is 0 Å². The average molecular weight is 583 g/mol. The van der Waals surface area contributed by atoms with Gasteiger partial charge >= 0.3 is 0 Å². The van der Waals surface area contributed by atoms with Crippen molar-refractivity contribution in [3.8, 4) is 11.3 Å². The summed E-state index contributed by atoms with van der Waals surface area (Å²) in [5.41, 5.74) is 10.2. The van der Waals surface area contributed by atoms with E-state index >= 15 is 0 Å². The molecule has 7 nitrogen and oxygen atoms in total. The molecule has 5 aromatic rings. The number of rotatable bonds is 4. The van der Waals surface area contributed by atoms with Crippen molar-refractivity contribution in [3.05, 3.63) is 109 Å². The Balaban J connectivity index is 1.84. The Morgan fingerprint density at radius 2 is 1.82 bits per heavy atom. The van der Waals surface area contributed by atoms with Gasteiger partial charge in [-0.1, -0.05) is 29.8 Å². The number of nitrogens with two attached hydrogens (primary N) is 1. The summed E-state index contributed by atoms with van der Waals surface area (Å²) < 4.78 is 4.56. The number of halogens is 2. The van der Waals surface area contributed by atoms with Crippen LogP contribution in [0, 0.1) is 3.57 Å². The summed E-state index contributed by atoms with van der Waals surface area (Å²) in [4.78, 5) is 26.2. The van der Waals surface area contributed by atoms with Gasteiger partial charge in [0, 0.05) is 34.7 Å². The second-order valence-electron chi connectivity index (χ2n) is 8.09. The van der Waals surface area contributed by atoms with Gasteiger partial charge in [-0.3, -0.25) is 9.78 Å². The lowest BCUT2D eigenvalue weighted by Gasteiger charge is -2.30. The number of benzene rings is 1. The molecule has 170 valence electrons. The highest BCUT2D eigenvalue weighted by atomic mass is 127. The molecule has 0 saturated carbocycles. The van der Waals surface area contributed by atoms with Crippen LogP contribution in [0.2, 0.25) is 5.15 Å². The maximum atomic E-state index is 12.7. The second kappa shape index (κ2) is 8.61. The molecular formula is C25H20ClIN6O. The molecule has 0 fully saturated rings. The highest BCUT2D eigenvalue weighted by Crippen LogP contribution is 2.36. The standard InChI is InChI=1S/C25H20ClIN6O/c1-32-14-29-13-22(32)25(28,15-6-8-16(27)9-7-15)21-10-18-17(19-4-3-5-23(26)31-19)11-24(34)33(2)20(18)12-30-21/h3-14H,28H2,1-2H3/t25-/m1/s1. The van der Waals surface area contributed by atoms with E-state index in [1.54, 1.807) is 42.5 Å². The van der Waals surface area contributed by atoms with Gasteiger partial charge in [0.05, 0.1) is 41.3 Å². The van der Waals surface area contributed by atoms with Crippen molar-refractivity contribution in [2.75, 3.05) is 0 Å². The van der Waals surface area contributed by atoms with Crippen LogP contribution in [-0.2, 0) is 19.6 Å². The van der Waals surface area contributed by atoms with Gasteiger partial charge in [0.2, 0.25) is 0 Å². The zero-order chi connectivity index (χ0) is 24.0. The Labute approximate surface area is 214 Å². The zero-order valence-corrected chi connectivity index (χ0v) is 21.3. The second-order valence-corrected chi connectivity index (χ2v) is 9.73. The van der Waals surface area contributed by atoms with Gasteiger partial charge in [-0.25, -0.2) is 9.97 Å². The SMILES string of the molecule is Cn1cncc1[C@@](N)(c1ccc(I)cc1)c1cc2c(-c3cccc(Cl)n3)cc(=O)n(C)c2cn1. The fourth-order valence-corrected chi connectivity index (χ4v) is 4.73. The molecule has 0 aliphatic rings. The van der Waals surface area contributed by atoms with E-state index in [0.717, 1.165) is 20.2 Å². The molecule has 0 radical (unpaired) electrons. The van der Waals surface area contributed by atoms with Gasteiger partial charge in [-0.15, -0.1) is 0 Å². The Morgan fingerprint density at radius 3 is 2.50 bits per heavy atom. The molecule has 1 atom stereocenters. The van der Waals surface area contributed by atoms with E-state index in [1.165, 1.54) is 0 Å². The lowest BCUT2D eigenvalue weighted by atomic mass is 9.83. The average Bonchev–Trinajstić information content (AvgIpc) is 3.27. The number of nitrogens with zero attached hydrogens (tertiary/aromatic N) is 5. The zero-order valence-electron chi connectivity index (χ0n) is 18.4. The molecule has 0 unspecified atom stereocenters. The summed E-state index contributed by atoms with van der Waals surface area (Å²) in [5.74, 6) is 0. The topological polar surface area (TPSA) is 91.6 Å². The molecule has 0 amide bonds. The predicted octanol–water partition coefficient (Wildman–Crippen LogP) is 4.24. The monoisotopic (exact) mass is 582 g/mol. The summed E-state index contributed by atoms with van der Waals surface area (Å²) in [6.45, 7) is 0. The maximum Gasteiger partial charge on any atom is 0.251 e. The molecule has 0 aliphatic heterocycles. The van der Waals surface area contributed by atoms with Crippen molar-refractivity contribution in [1.82, 2.24) is 24.1 Å². The van der Waals surface area contributed by atoms with E-state index in [4.69, 9.17) is 22.3 Å². The van der Waals surface area contributed by atoms with Gasteiger partial charge in [-0.2, -0.15) is 0 Å². The lowest BCUT2D eigenvalue weighted by Crippen LogP contribution is -2.41. The first-order valence-corrected chi connectivity index (χ1v) is 11.9. The minimum Gasteiger partial charge on any atom is -0.335 e. The fraction of sp³-hybridized carbons (Fsp3) is 0.120. The Hall–Kier alpha value is -3.08. The molecule has 34 heavy (non-hydrogen) atoms. The van der Waals surface area contributed by atoms with Crippen LogP contribution >= 0.6 is 34.2 Å². The van der Waals surface area contributed by atoms with Gasteiger partial charge in [0.15, 0.2) is 0 Å². The van der Waals surface area contributed by atoms with Gasteiger partial charge in [0.25, 0.3) is 5.56 Å². The molecule has 9 heteroatoms. The first kappa shape index (κ1) is 22.7. The first-order chi connectivity index (χ1) is 16.3. The largest absolute Gasteiger partial charge is 0.335 e. The number of hydrogen-bond acceptors (Lipinski definition) is 5. The molecule has 0 saturated heterocycles. The normalized spacial score (nSPS) is 13.2. The van der Waals surface area contributed by atoms with Crippen LogP contribution in [0.15, 0.2) is 78.1 Å². The van der Waals surface area contributed by atoms with Crippen molar-refractivity contribution >= 4 is 45.1 Å². The number of fused-ring (bicyclic) bond motifs is 1. The Bertz CT molecular complexity index is 1590. The molecular weight excluding hydrogens is 563 g/mol. The third kappa shape index (κ3) is 3.71. The van der Waals surface area contributed by atoms with Crippen LogP contribution < -0.4 is 11.3 Å². The molecule has 1 aromatic carbocycles. The van der Waals surface area contributed by atoms with E-state index in [0.29, 0.717) is 27.6 Å². The third-order valence-electron chi connectivity index (χ3n) is 6.05. The highest BCUT2D eigenvalue weighted by Gasteiger charge is 2.36. The Kier molecular flexibility index (Phi) is 5.75. The van der Waals surface area contributed by atoms with Gasteiger partial charge in [-0.05, 0) is 58.5 Å². The predicted molar refractivity (Wildman–Crippen MR) is 142 cm³/mol.